The fourth-order valence-electron chi connectivity index (χ4n) is 3.11. The van der Waals surface area contributed by atoms with Crippen LogP contribution in [0.15, 0.2) is 78.9 Å². The third-order valence-corrected chi connectivity index (χ3v) is 4.44. The molecule has 27 heavy (non-hydrogen) atoms. The number of hydrogen-bond donors (Lipinski definition) is 1. The summed E-state index contributed by atoms with van der Waals surface area (Å²) < 4.78 is 20.7. The summed E-state index contributed by atoms with van der Waals surface area (Å²) in [6, 6.07) is 23.2. The third kappa shape index (κ3) is 3.68. The molecule has 0 unspecified atom stereocenters. The van der Waals surface area contributed by atoms with E-state index in [9.17, 15) is 9.50 Å². The number of halogens is 1. The number of aliphatic hydroxyl groups is 1. The quantitative estimate of drug-likeness (QED) is 0.555. The van der Waals surface area contributed by atoms with Crippen LogP contribution in [0.25, 0.3) is 11.0 Å². The minimum Gasteiger partial charge on any atom is -0.492 e. The number of hydrogen-bond acceptors (Lipinski definition) is 3. The lowest BCUT2D eigenvalue weighted by molar-refractivity contribution is 0.201. The zero-order chi connectivity index (χ0) is 18.6. The standard InChI is InChI=1S/C22H19FN2O2/c23-17-10-12-18(13-11-17)27-15-14-25-20-9-5-4-8-19(20)24-22(25)21(26)16-6-2-1-3-7-16/h1-13,21,26H,14-15H2/t21-/m1/s1. The topological polar surface area (TPSA) is 47.3 Å². The molecule has 0 aliphatic rings. The molecular formula is C22H19FN2O2. The van der Waals surface area contributed by atoms with Gasteiger partial charge in [0.25, 0.3) is 0 Å². The lowest BCUT2D eigenvalue weighted by atomic mass is 10.1. The number of para-hydroxylation sites is 2. The molecule has 0 radical (unpaired) electrons. The van der Waals surface area contributed by atoms with Gasteiger partial charge in [-0.05, 0) is 42.0 Å². The Morgan fingerprint density at radius 3 is 2.41 bits per heavy atom. The fourth-order valence-corrected chi connectivity index (χ4v) is 3.11. The highest BCUT2D eigenvalue weighted by atomic mass is 19.1. The molecule has 4 nitrogen and oxygen atoms in total. The molecule has 5 heteroatoms. The number of nitrogens with zero attached hydrogens (tertiary/aromatic N) is 2. The highest BCUT2D eigenvalue weighted by Gasteiger charge is 2.19. The second-order valence-corrected chi connectivity index (χ2v) is 6.23. The van der Waals surface area contributed by atoms with Crippen molar-refractivity contribution in [1.29, 1.82) is 0 Å². The van der Waals surface area contributed by atoms with E-state index in [-0.39, 0.29) is 5.82 Å². The molecule has 0 spiro atoms. The van der Waals surface area contributed by atoms with Crippen LogP contribution in [0.1, 0.15) is 17.5 Å². The van der Waals surface area contributed by atoms with Gasteiger partial charge in [0, 0.05) is 0 Å². The highest BCUT2D eigenvalue weighted by molar-refractivity contribution is 5.76. The Kier molecular flexibility index (Phi) is 4.85. The van der Waals surface area contributed by atoms with Crippen LogP contribution in [0.3, 0.4) is 0 Å². The van der Waals surface area contributed by atoms with Crippen LogP contribution in [0.5, 0.6) is 5.75 Å². The molecule has 0 aliphatic carbocycles. The predicted molar refractivity (Wildman–Crippen MR) is 102 cm³/mol. The van der Waals surface area contributed by atoms with E-state index in [4.69, 9.17) is 4.74 Å². The van der Waals surface area contributed by atoms with Gasteiger partial charge in [-0.2, -0.15) is 0 Å². The maximum absolute atomic E-state index is 13.0. The van der Waals surface area contributed by atoms with Crippen molar-refractivity contribution in [2.45, 2.75) is 12.6 Å². The van der Waals surface area contributed by atoms with E-state index in [1.807, 2.05) is 59.2 Å². The Morgan fingerprint density at radius 1 is 0.926 bits per heavy atom. The first-order valence-corrected chi connectivity index (χ1v) is 8.79. The number of aliphatic hydroxyl groups excluding tert-OH is 1. The van der Waals surface area contributed by atoms with Crippen LogP contribution in [0, 0.1) is 5.82 Å². The monoisotopic (exact) mass is 362 g/mol. The summed E-state index contributed by atoms with van der Waals surface area (Å²) in [4.78, 5) is 4.63. The smallest absolute Gasteiger partial charge is 0.143 e. The van der Waals surface area contributed by atoms with Crippen molar-refractivity contribution in [2.75, 3.05) is 6.61 Å². The van der Waals surface area contributed by atoms with E-state index in [0.717, 1.165) is 16.6 Å². The molecule has 4 aromatic rings. The zero-order valence-electron chi connectivity index (χ0n) is 14.6. The summed E-state index contributed by atoms with van der Waals surface area (Å²) >= 11 is 0. The molecule has 0 saturated heterocycles. The Balaban J connectivity index is 1.61. The van der Waals surface area contributed by atoms with Gasteiger partial charge >= 0.3 is 0 Å². The second kappa shape index (κ2) is 7.60. The van der Waals surface area contributed by atoms with Gasteiger partial charge in [-0.25, -0.2) is 9.37 Å². The predicted octanol–water partition coefficient (Wildman–Crippen LogP) is 4.34. The summed E-state index contributed by atoms with van der Waals surface area (Å²) in [7, 11) is 0. The van der Waals surface area contributed by atoms with Gasteiger partial charge in [0.1, 0.15) is 30.1 Å². The van der Waals surface area contributed by atoms with Gasteiger partial charge in [0.05, 0.1) is 17.6 Å². The van der Waals surface area contributed by atoms with Crippen molar-refractivity contribution in [1.82, 2.24) is 9.55 Å². The lowest BCUT2D eigenvalue weighted by Crippen LogP contribution is -2.14. The van der Waals surface area contributed by atoms with Gasteiger partial charge in [-0.15, -0.1) is 0 Å². The number of fused-ring (bicyclic) bond motifs is 1. The van der Waals surface area contributed by atoms with E-state index in [1.54, 1.807) is 12.1 Å². The van der Waals surface area contributed by atoms with Gasteiger partial charge in [0.2, 0.25) is 0 Å². The third-order valence-electron chi connectivity index (χ3n) is 4.44. The Morgan fingerprint density at radius 2 is 1.63 bits per heavy atom. The van der Waals surface area contributed by atoms with Gasteiger partial charge in [-0.3, -0.25) is 0 Å². The number of rotatable bonds is 6. The van der Waals surface area contributed by atoms with Gasteiger partial charge in [0.15, 0.2) is 0 Å². The first kappa shape index (κ1) is 17.2. The van der Waals surface area contributed by atoms with Crippen molar-refractivity contribution in [2.24, 2.45) is 0 Å². The normalized spacial score (nSPS) is 12.2. The summed E-state index contributed by atoms with van der Waals surface area (Å²) in [6.45, 7) is 0.887. The summed E-state index contributed by atoms with van der Waals surface area (Å²) in [6.07, 6.45) is -0.829. The van der Waals surface area contributed by atoms with Gasteiger partial charge in [-0.1, -0.05) is 42.5 Å². The highest BCUT2D eigenvalue weighted by Crippen LogP contribution is 2.25. The largest absolute Gasteiger partial charge is 0.492 e. The molecule has 1 aromatic heterocycles. The summed E-state index contributed by atoms with van der Waals surface area (Å²) in [5.74, 6) is 0.882. The van der Waals surface area contributed by atoms with Crippen molar-refractivity contribution in [3.05, 3.63) is 96.1 Å². The average molecular weight is 362 g/mol. The number of benzene rings is 3. The summed E-state index contributed by atoms with van der Waals surface area (Å²) in [5, 5.41) is 10.9. The van der Waals surface area contributed by atoms with E-state index in [1.165, 1.54) is 12.1 Å². The summed E-state index contributed by atoms with van der Waals surface area (Å²) in [5.41, 5.74) is 2.54. The molecule has 0 amide bonds. The maximum Gasteiger partial charge on any atom is 0.143 e. The number of ether oxygens (including phenoxy) is 1. The Bertz CT molecular complexity index is 1030. The molecule has 0 fully saturated rings. The first-order valence-electron chi connectivity index (χ1n) is 8.79. The molecule has 136 valence electrons. The lowest BCUT2D eigenvalue weighted by Gasteiger charge is -2.15. The molecular weight excluding hydrogens is 343 g/mol. The van der Waals surface area contributed by atoms with Crippen LogP contribution in [-0.2, 0) is 6.54 Å². The van der Waals surface area contributed by atoms with Crippen LogP contribution in [-0.4, -0.2) is 21.3 Å². The molecule has 1 N–H and O–H groups in total. The molecule has 4 rings (SSSR count). The van der Waals surface area contributed by atoms with Crippen molar-refractivity contribution in [3.8, 4) is 5.75 Å². The first-order chi connectivity index (χ1) is 13.2. The molecule has 3 aromatic carbocycles. The van der Waals surface area contributed by atoms with E-state index >= 15 is 0 Å². The van der Waals surface area contributed by atoms with Crippen molar-refractivity contribution < 1.29 is 14.2 Å². The Hall–Kier alpha value is -3.18. The SMILES string of the molecule is O[C@H](c1ccccc1)c1nc2ccccc2n1CCOc1ccc(F)cc1. The molecule has 0 bridgehead atoms. The molecule has 1 atom stereocenters. The zero-order valence-corrected chi connectivity index (χ0v) is 14.6. The van der Waals surface area contributed by atoms with Crippen LogP contribution < -0.4 is 4.74 Å². The minimum absolute atomic E-state index is 0.295. The van der Waals surface area contributed by atoms with E-state index < -0.39 is 6.10 Å². The number of imidazole rings is 1. The van der Waals surface area contributed by atoms with E-state index in [0.29, 0.717) is 24.7 Å². The molecule has 1 heterocycles. The number of aromatic nitrogens is 2. The van der Waals surface area contributed by atoms with Crippen LogP contribution in [0.4, 0.5) is 4.39 Å². The maximum atomic E-state index is 13.0. The average Bonchev–Trinajstić information content (AvgIpc) is 3.08. The minimum atomic E-state index is -0.829. The van der Waals surface area contributed by atoms with Crippen molar-refractivity contribution in [3.63, 3.8) is 0 Å². The second-order valence-electron chi connectivity index (χ2n) is 6.23. The van der Waals surface area contributed by atoms with Crippen LogP contribution in [0.2, 0.25) is 0 Å². The van der Waals surface area contributed by atoms with Gasteiger partial charge < -0.3 is 14.4 Å². The van der Waals surface area contributed by atoms with Crippen LogP contribution >= 0.6 is 0 Å². The molecule has 0 aliphatic heterocycles. The molecule has 0 saturated carbocycles. The van der Waals surface area contributed by atoms with Crippen molar-refractivity contribution >= 4 is 11.0 Å². The van der Waals surface area contributed by atoms with E-state index in [2.05, 4.69) is 4.98 Å². The Labute approximate surface area is 156 Å². The fraction of sp³-hybridized carbons (Fsp3) is 0.136.